The Morgan fingerprint density at radius 3 is 1.89 bits per heavy atom. The lowest BCUT2D eigenvalue weighted by Crippen LogP contribution is -2.03. The highest BCUT2D eigenvalue weighted by Crippen LogP contribution is 2.29. The van der Waals surface area contributed by atoms with Crippen molar-refractivity contribution in [1.82, 2.24) is 0 Å². The molecule has 0 N–H and O–H groups in total. The van der Waals surface area contributed by atoms with Gasteiger partial charge in [-0.15, -0.1) is 0 Å². The Bertz CT molecular complexity index is 468. The first-order chi connectivity index (χ1) is 8.62. The topological polar surface area (TPSA) is 34.1 Å². The number of halogens is 6. The van der Waals surface area contributed by atoms with E-state index in [1.54, 1.807) is 0 Å². The van der Waals surface area contributed by atoms with Gasteiger partial charge in [0, 0.05) is 21.4 Å². The van der Waals surface area contributed by atoms with Gasteiger partial charge in [0.15, 0.2) is 0 Å². The maximum Gasteiger partial charge on any atom is 0.416 e. The first-order valence-corrected chi connectivity index (χ1v) is 7.60. The van der Waals surface area contributed by atoms with E-state index in [0.717, 1.165) is 18.2 Å². The standard InChI is InChI=1S/C10H6ClF3O.Cl2OS/c11-9(15)6-3-7-1-4-8(5-2-7)10(12,13)14;1-4(2)3/h1-6H;/b6-3+;. The summed E-state index contributed by atoms with van der Waals surface area (Å²) in [5.41, 5.74) is -0.242. The molecule has 0 fully saturated rings. The van der Waals surface area contributed by atoms with Crippen molar-refractivity contribution >= 4 is 53.5 Å². The minimum absolute atomic E-state index is 0.483. The summed E-state index contributed by atoms with van der Waals surface area (Å²) in [6, 6.07) is 4.41. The molecule has 0 spiro atoms. The van der Waals surface area contributed by atoms with Gasteiger partial charge in [0.1, 0.15) is 0 Å². The number of hydrogen-bond donors (Lipinski definition) is 0. The molecule has 2 nitrogen and oxygen atoms in total. The van der Waals surface area contributed by atoms with E-state index in [-0.39, 0.29) is 0 Å². The van der Waals surface area contributed by atoms with Crippen LogP contribution in [-0.4, -0.2) is 9.45 Å². The summed E-state index contributed by atoms with van der Waals surface area (Å²) in [5, 5.41) is -0.671. The zero-order valence-electron chi connectivity index (χ0n) is 8.96. The van der Waals surface area contributed by atoms with E-state index < -0.39 is 26.2 Å². The number of allylic oxidation sites excluding steroid dienone is 1. The SMILES string of the molecule is O=C(Cl)/C=C/c1ccc(C(F)(F)F)cc1.O=S(Cl)Cl. The average molecular weight is 354 g/mol. The fourth-order valence-corrected chi connectivity index (χ4v) is 1.01. The summed E-state index contributed by atoms with van der Waals surface area (Å²) in [4.78, 5) is 10.3. The zero-order chi connectivity index (χ0) is 15.1. The maximum absolute atomic E-state index is 12.1. The highest BCUT2D eigenvalue weighted by molar-refractivity contribution is 8.26. The maximum atomic E-state index is 12.1. The minimum atomic E-state index is -4.34. The van der Waals surface area contributed by atoms with Crippen molar-refractivity contribution in [2.45, 2.75) is 6.18 Å². The lowest BCUT2D eigenvalue weighted by Gasteiger charge is -2.05. The minimum Gasteiger partial charge on any atom is -0.276 e. The largest absolute Gasteiger partial charge is 0.416 e. The quantitative estimate of drug-likeness (QED) is 0.578. The summed E-state index contributed by atoms with van der Waals surface area (Å²) in [7, 11) is 7.36. The van der Waals surface area contributed by atoms with Gasteiger partial charge >= 0.3 is 6.18 Å². The van der Waals surface area contributed by atoms with Crippen molar-refractivity contribution in [2.24, 2.45) is 0 Å². The van der Waals surface area contributed by atoms with E-state index in [0.29, 0.717) is 5.56 Å². The highest BCUT2D eigenvalue weighted by atomic mass is 36.0. The van der Waals surface area contributed by atoms with Crippen LogP contribution in [0.3, 0.4) is 0 Å². The molecule has 0 unspecified atom stereocenters. The zero-order valence-corrected chi connectivity index (χ0v) is 12.0. The third kappa shape index (κ3) is 9.95. The molecule has 19 heavy (non-hydrogen) atoms. The Morgan fingerprint density at radius 1 is 1.16 bits per heavy atom. The smallest absolute Gasteiger partial charge is 0.276 e. The van der Waals surface area contributed by atoms with Crippen LogP contribution in [0.25, 0.3) is 6.08 Å². The Kier molecular flexibility index (Phi) is 8.33. The van der Waals surface area contributed by atoms with Crippen LogP contribution in [-0.2, 0) is 20.2 Å². The van der Waals surface area contributed by atoms with Gasteiger partial charge in [-0.25, -0.2) is 4.21 Å². The van der Waals surface area contributed by atoms with E-state index in [9.17, 15) is 18.0 Å². The van der Waals surface area contributed by atoms with Gasteiger partial charge in [0.05, 0.1) is 5.56 Å². The van der Waals surface area contributed by atoms with E-state index in [4.69, 9.17) is 15.8 Å². The van der Waals surface area contributed by atoms with Crippen molar-refractivity contribution in [1.29, 1.82) is 0 Å². The van der Waals surface area contributed by atoms with Crippen LogP contribution >= 0.6 is 33.0 Å². The highest BCUT2D eigenvalue weighted by Gasteiger charge is 2.29. The normalized spacial score (nSPS) is 11.3. The molecule has 0 atom stereocenters. The molecule has 1 aromatic carbocycles. The Labute approximate surface area is 123 Å². The van der Waals surface area contributed by atoms with Gasteiger partial charge in [0.25, 0.3) is 0 Å². The molecule has 0 heterocycles. The Balaban J connectivity index is 0.000000711. The van der Waals surface area contributed by atoms with Crippen LogP contribution < -0.4 is 0 Å². The van der Waals surface area contributed by atoms with Crippen LogP contribution in [0.5, 0.6) is 0 Å². The third-order valence-electron chi connectivity index (χ3n) is 1.64. The number of carbonyl (C=O) groups is 1. The molecule has 0 saturated heterocycles. The van der Waals surface area contributed by atoms with Crippen LogP contribution in [0, 0.1) is 0 Å². The molecule has 0 aliphatic heterocycles. The first kappa shape index (κ1) is 18.4. The Morgan fingerprint density at radius 2 is 1.58 bits per heavy atom. The van der Waals surface area contributed by atoms with Crippen molar-refractivity contribution in [3.8, 4) is 0 Å². The van der Waals surface area contributed by atoms with Gasteiger partial charge in [0.2, 0.25) is 14.5 Å². The summed E-state index contributed by atoms with van der Waals surface area (Å²) >= 11 is 5.03. The molecule has 9 heteroatoms. The van der Waals surface area contributed by atoms with Crippen molar-refractivity contribution in [3.63, 3.8) is 0 Å². The number of benzene rings is 1. The molecule has 1 rings (SSSR count). The molecule has 106 valence electrons. The second kappa shape index (κ2) is 8.58. The van der Waals surface area contributed by atoms with Gasteiger partial charge in [-0.05, 0) is 35.4 Å². The second-order valence-electron chi connectivity index (χ2n) is 2.94. The van der Waals surface area contributed by atoms with Gasteiger partial charge in [-0.3, -0.25) is 4.79 Å². The van der Waals surface area contributed by atoms with E-state index in [1.807, 2.05) is 0 Å². The molecular weight excluding hydrogens is 348 g/mol. The lowest BCUT2D eigenvalue weighted by molar-refractivity contribution is -0.137. The summed E-state index contributed by atoms with van der Waals surface area (Å²) < 4.78 is 45.5. The molecule has 0 aliphatic rings. The van der Waals surface area contributed by atoms with E-state index >= 15 is 0 Å². The van der Waals surface area contributed by atoms with E-state index in [1.165, 1.54) is 18.2 Å². The summed E-state index contributed by atoms with van der Waals surface area (Å²) in [6.45, 7) is 0. The molecule has 0 radical (unpaired) electrons. The van der Waals surface area contributed by atoms with Crippen LogP contribution in [0.4, 0.5) is 13.2 Å². The number of carbonyl (C=O) groups excluding carboxylic acids is 1. The van der Waals surface area contributed by atoms with Crippen molar-refractivity contribution < 1.29 is 22.2 Å². The number of hydrogen-bond acceptors (Lipinski definition) is 2. The molecule has 1 aromatic rings. The van der Waals surface area contributed by atoms with Crippen molar-refractivity contribution in [2.75, 3.05) is 0 Å². The van der Waals surface area contributed by atoms with Gasteiger partial charge in [-0.1, -0.05) is 18.2 Å². The molecule has 0 bridgehead atoms. The van der Waals surface area contributed by atoms with Gasteiger partial charge in [-0.2, -0.15) is 13.2 Å². The predicted molar refractivity (Wildman–Crippen MR) is 71.2 cm³/mol. The molecule has 0 aliphatic carbocycles. The van der Waals surface area contributed by atoms with Gasteiger partial charge < -0.3 is 0 Å². The second-order valence-corrected chi connectivity index (χ2v) is 5.84. The molecular formula is C10H6Cl3F3O2S. The number of rotatable bonds is 2. The summed E-state index contributed by atoms with van der Waals surface area (Å²) in [6.07, 6.45) is -1.93. The van der Waals surface area contributed by atoms with E-state index in [2.05, 4.69) is 21.4 Å². The Hall–Kier alpha value is -0.560. The van der Waals surface area contributed by atoms with Crippen molar-refractivity contribution in [3.05, 3.63) is 41.5 Å². The molecule has 0 saturated carbocycles. The fourth-order valence-electron chi connectivity index (χ4n) is 0.945. The number of alkyl halides is 3. The predicted octanol–water partition coefficient (Wildman–Crippen LogP) is 4.53. The van der Waals surface area contributed by atoms with Crippen LogP contribution in [0.2, 0.25) is 0 Å². The first-order valence-electron chi connectivity index (χ1n) is 4.42. The average Bonchev–Trinajstić information content (AvgIpc) is 2.25. The summed E-state index contributed by atoms with van der Waals surface area (Å²) in [5.74, 6) is 0. The van der Waals surface area contributed by atoms with Crippen LogP contribution in [0.1, 0.15) is 11.1 Å². The molecule has 0 aromatic heterocycles. The van der Waals surface area contributed by atoms with Crippen LogP contribution in [0.15, 0.2) is 30.3 Å². The lowest BCUT2D eigenvalue weighted by atomic mass is 10.1. The molecule has 0 amide bonds. The monoisotopic (exact) mass is 352 g/mol. The fraction of sp³-hybridized carbons (Fsp3) is 0.100. The third-order valence-corrected chi connectivity index (χ3v) is 1.77.